The van der Waals surface area contributed by atoms with Crippen molar-refractivity contribution >= 4 is 5.91 Å². The van der Waals surface area contributed by atoms with Gasteiger partial charge < -0.3 is 9.64 Å². The van der Waals surface area contributed by atoms with E-state index in [1.54, 1.807) is 18.2 Å². The van der Waals surface area contributed by atoms with Gasteiger partial charge in [0, 0.05) is 23.7 Å². The highest BCUT2D eigenvalue weighted by Crippen LogP contribution is 2.30. The van der Waals surface area contributed by atoms with Gasteiger partial charge in [-0.3, -0.25) is 4.79 Å². The molecule has 1 aliphatic rings. The van der Waals surface area contributed by atoms with Crippen molar-refractivity contribution in [1.29, 1.82) is 0 Å². The molecule has 29 heavy (non-hydrogen) atoms. The predicted molar refractivity (Wildman–Crippen MR) is 111 cm³/mol. The first-order chi connectivity index (χ1) is 14.1. The Morgan fingerprint density at radius 3 is 2.52 bits per heavy atom. The Morgan fingerprint density at radius 2 is 1.79 bits per heavy atom. The van der Waals surface area contributed by atoms with Crippen LogP contribution in [0.5, 0.6) is 5.75 Å². The Labute approximate surface area is 170 Å². The molecule has 4 rings (SSSR count). The molecule has 0 aromatic heterocycles. The van der Waals surface area contributed by atoms with E-state index in [0.29, 0.717) is 23.9 Å². The number of benzene rings is 3. The second-order valence-electron chi connectivity index (χ2n) is 7.56. The zero-order valence-electron chi connectivity index (χ0n) is 16.5. The van der Waals surface area contributed by atoms with E-state index in [2.05, 4.69) is 0 Å². The van der Waals surface area contributed by atoms with Gasteiger partial charge in [-0.05, 0) is 55.7 Å². The van der Waals surface area contributed by atoms with Crippen LogP contribution in [0.15, 0.2) is 72.8 Å². The zero-order chi connectivity index (χ0) is 20.2. The first-order valence-corrected chi connectivity index (χ1v) is 9.93. The molecule has 0 saturated heterocycles. The maximum atomic E-state index is 13.8. The highest BCUT2D eigenvalue weighted by atomic mass is 19.1. The number of halogens is 1. The molecule has 3 nitrogen and oxygen atoms in total. The normalized spacial score (nSPS) is 13.2. The molecule has 1 aliphatic carbocycles. The highest BCUT2D eigenvalue weighted by Gasteiger charge is 2.33. The molecule has 0 N–H and O–H groups in total. The van der Waals surface area contributed by atoms with Crippen LogP contribution in [0.4, 0.5) is 4.39 Å². The average molecular weight is 389 g/mol. The molecule has 0 bridgehead atoms. The van der Waals surface area contributed by atoms with Crippen LogP contribution in [-0.4, -0.2) is 16.8 Å². The third-order valence-electron chi connectivity index (χ3n) is 5.15. The third kappa shape index (κ3) is 4.83. The summed E-state index contributed by atoms with van der Waals surface area (Å²) < 4.78 is 19.6. The van der Waals surface area contributed by atoms with Crippen LogP contribution in [0.2, 0.25) is 0 Å². The number of carbonyl (C=O) groups excluding carboxylic acids is 1. The Morgan fingerprint density at radius 1 is 1.03 bits per heavy atom. The lowest BCUT2D eigenvalue weighted by Crippen LogP contribution is -2.32. The SMILES string of the molecule is Cc1ccc(C(=O)N(Cc2cccc(OCc3ccccc3F)c2)C2CC2)cc1. The van der Waals surface area contributed by atoms with E-state index in [9.17, 15) is 9.18 Å². The van der Waals surface area contributed by atoms with Gasteiger partial charge in [0.2, 0.25) is 0 Å². The van der Waals surface area contributed by atoms with Crippen LogP contribution in [0.25, 0.3) is 0 Å². The molecule has 1 fully saturated rings. The Hall–Kier alpha value is -3.14. The summed E-state index contributed by atoms with van der Waals surface area (Å²) in [6.45, 7) is 2.72. The summed E-state index contributed by atoms with van der Waals surface area (Å²) in [6.07, 6.45) is 2.09. The van der Waals surface area contributed by atoms with Gasteiger partial charge in [-0.1, -0.05) is 48.0 Å². The number of hydrogen-bond acceptors (Lipinski definition) is 2. The molecule has 0 heterocycles. The summed E-state index contributed by atoms with van der Waals surface area (Å²) in [5.41, 5.74) is 3.38. The number of amides is 1. The fourth-order valence-electron chi connectivity index (χ4n) is 3.32. The molecule has 1 amide bonds. The maximum absolute atomic E-state index is 13.8. The van der Waals surface area contributed by atoms with Gasteiger partial charge in [0.15, 0.2) is 0 Å². The van der Waals surface area contributed by atoms with Gasteiger partial charge in [0.25, 0.3) is 5.91 Å². The summed E-state index contributed by atoms with van der Waals surface area (Å²) in [5.74, 6) is 0.460. The number of ether oxygens (including phenoxy) is 1. The van der Waals surface area contributed by atoms with Gasteiger partial charge in [0.1, 0.15) is 18.2 Å². The van der Waals surface area contributed by atoms with Gasteiger partial charge in [-0.25, -0.2) is 4.39 Å². The molecule has 0 aliphatic heterocycles. The first kappa shape index (κ1) is 19.2. The lowest BCUT2D eigenvalue weighted by Gasteiger charge is -2.23. The summed E-state index contributed by atoms with van der Waals surface area (Å²) in [4.78, 5) is 15.0. The van der Waals surface area contributed by atoms with Crippen molar-refractivity contribution in [3.63, 3.8) is 0 Å². The zero-order valence-corrected chi connectivity index (χ0v) is 16.5. The average Bonchev–Trinajstić information content (AvgIpc) is 3.57. The highest BCUT2D eigenvalue weighted by molar-refractivity contribution is 5.94. The van der Waals surface area contributed by atoms with Crippen LogP contribution >= 0.6 is 0 Å². The molecule has 4 heteroatoms. The smallest absolute Gasteiger partial charge is 0.254 e. The van der Waals surface area contributed by atoms with E-state index in [-0.39, 0.29) is 18.3 Å². The van der Waals surface area contributed by atoms with Crippen LogP contribution in [0.1, 0.15) is 39.9 Å². The fraction of sp³-hybridized carbons (Fsp3) is 0.240. The maximum Gasteiger partial charge on any atom is 0.254 e. The molecular weight excluding hydrogens is 365 g/mol. The van der Waals surface area contributed by atoms with Crippen molar-refractivity contribution in [1.82, 2.24) is 4.90 Å². The van der Waals surface area contributed by atoms with E-state index in [4.69, 9.17) is 4.74 Å². The number of aryl methyl sites for hydroxylation is 1. The van der Waals surface area contributed by atoms with Gasteiger partial charge >= 0.3 is 0 Å². The van der Waals surface area contributed by atoms with Crippen molar-refractivity contribution in [2.75, 3.05) is 0 Å². The van der Waals surface area contributed by atoms with Gasteiger partial charge in [0.05, 0.1) is 0 Å². The summed E-state index contributed by atoms with van der Waals surface area (Å²) in [7, 11) is 0. The van der Waals surface area contributed by atoms with Crippen molar-refractivity contribution in [2.24, 2.45) is 0 Å². The minimum absolute atomic E-state index is 0.0604. The molecule has 148 valence electrons. The fourth-order valence-corrected chi connectivity index (χ4v) is 3.32. The van der Waals surface area contributed by atoms with E-state index < -0.39 is 0 Å². The molecule has 0 radical (unpaired) electrons. The largest absolute Gasteiger partial charge is 0.489 e. The minimum Gasteiger partial charge on any atom is -0.489 e. The quantitative estimate of drug-likeness (QED) is 0.533. The number of hydrogen-bond donors (Lipinski definition) is 0. The molecule has 0 unspecified atom stereocenters. The third-order valence-corrected chi connectivity index (χ3v) is 5.15. The van der Waals surface area contributed by atoms with Gasteiger partial charge in [-0.2, -0.15) is 0 Å². The van der Waals surface area contributed by atoms with Gasteiger partial charge in [-0.15, -0.1) is 0 Å². The van der Waals surface area contributed by atoms with Crippen LogP contribution in [0.3, 0.4) is 0 Å². The number of rotatable bonds is 7. The van der Waals surface area contributed by atoms with E-state index in [1.165, 1.54) is 6.07 Å². The van der Waals surface area contributed by atoms with E-state index >= 15 is 0 Å². The summed E-state index contributed by atoms with van der Waals surface area (Å²) >= 11 is 0. The van der Waals surface area contributed by atoms with Crippen molar-refractivity contribution in [2.45, 2.75) is 39.0 Å². The lowest BCUT2D eigenvalue weighted by molar-refractivity contribution is 0.0729. The minimum atomic E-state index is -0.271. The molecule has 1 saturated carbocycles. The van der Waals surface area contributed by atoms with E-state index in [0.717, 1.165) is 29.5 Å². The Bertz CT molecular complexity index is 996. The number of nitrogens with zero attached hydrogens (tertiary/aromatic N) is 1. The van der Waals surface area contributed by atoms with E-state index in [1.807, 2.05) is 60.4 Å². The van der Waals surface area contributed by atoms with Crippen molar-refractivity contribution < 1.29 is 13.9 Å². The second-order valence-corrected chi connectivity index (χ2v) is 7.56. The molecule has 3 aromatic carbocycles. The first-order valence-electron chi connectivity index (χ1n) is 9.93. The van der Waals surface area contributed by atoms with Crippen molar-refractivity contribution in [3.05, 3.63) is 101 Å². The van der Waals surface area contributed by atoms with Crippen molar-refractivity contribution in [3.8, 4) is 5.75 Å². The summed E-state index contributed by atoms with van der Waals surface area (Å²) in [5, 5.41) is 0. The van der Waals surface area contributed by atoms with Crippen LogP contribution in [-0.2, 0) is 13.2 Å². The molecule has 3 aromatic rings. The summed E-state index contributed by atoms with van der Waals surface area (Å²) in [6, 6.07) is 22.3. The topological polar surface area (TPSA) is 29.5 Å². The standard InChI is InChI=1S/C25H24FNO2/c1-18-9-11-20(12-10-18)25(28)27(22-13-14-22)16-19-5-4-7-23(15-19)29-17-21-6-2-3-8-24(21)26/h2-12,15,22H,13-14,16-17H2,1H3. The second kappa shape index (κ2) is 8.48. The Kier molecular flexibility index (Phi) is 5.61. The van der Waals surface area contributed by atoms with Crippen LogP contribution < -0.4 is 4.74 Å². The predicted octanol–water partition coefficient (Wildman–Crippen LogP) is 5.52. The molecule has 0 spiro atoms. The molecule has 0 atom stereocenters. The number of carbonyl (C=O) groups is 1. The Balaban J connectivity index is 1.46. The monoisotopic (exact) mass is 389 g/mol. The molecular formula is C25H24FNO2. The lowest BCUT2D eigenvalue weighted by atomic mass is 10.1. The van der Waals surface area contributed by atoms with Crippen LogP contribution in [0, 0.1) is 12.7 Å².